The van der Waals surface area contributed by atoms with E-state index in [0.29, 0.717) is 45.4 Å². The molecule has 7 rings (SSSR count). The molecule has 15 nitrogen and oxygen atoms in total. The van der Waals surface area contributed by atoms with Gasteiger partial charge in [-0.2, -0.15) is 26.3 Å². The van der Waals surface area contributed by atoms with Gasteiger partial charge in [-0.15, -0.1) is 0 Å². The maximum absolute atomic E-state index is 10.6. The predicted molar refractivity (Wildman–Crippen MR) is 176 cm³/mol. The summed E-state index contributed by atoms with van der Waals surface area (Å²) in [4.78, 5) is 45.1. The van der Waals surface area contributed by atoms with Crippen molar-refractivity contribution in [2.24, 2.45) is 7.05 Å². The fourth-order valence-electron chi connectivity index (χ4n) is 5.12. The maximum atomic E-state index is 10.6. The first-order valence-electron chi connectivity index (χ1n) is 15.3. The topological polar surface area (TPSA) is 181 Å². The molecule has 5 aromatic rings. The number of imidazole rings is 1. The molecular formula is C31H28ClF6N9O6. The number of halogens is 7. The third-order valence-corrected chi connectivity index (χ3v) is 7.98. The minimum absolute atomic E-state index is 0.352. The molecule has 22 heteroatoms. The van der Waals surface area contributed by atoms with Crippen molar-refractivity contribution in [1.29, 1.82) is 0 Å². The monoisotopic (exact) mass is 771 g/mol. The Balaban J connectivity index is 0.000000330. The molecule has 0 saturated carbocycles. The number of benzene rings is 2. The van der Waals surface area contributed by atoms with Gasteiger partial charge in [-0.1, -0.05) is 11.6 Å². The van der Waals surface area contributed by atoms with Crippen LogP contribution < -0.4 is 15.0 Å². The van der Waals surface area contributed by atoms with Crippen molar-refractivity contribution in [3.8, 4) is 11.5 Å². The highest BCUT2D eigenvalue weighted by molar-refractivity contribution is 6.32. The standard InChI is InChI=1S/C27H26ClN9O2.2C2HF3O2/c1-35-16-32-21-11-19(3-4-23(21)35)39-24-5-2-17(10-20(24)28)33-26-25-22(30-15-31-26)12-29-27(34-25)37-7-6-36-8-9-38-14-18(36)13-37;2*3-2(4,5)1(6)7/h2-5,10-12,15-16,18H,6-9,13-14H2,1H3,(H,30,31,33);2*(H,6,7)/t18-;;/m1../s1. The summed E-state index contributed by atoms with van der Waals surface area (Å²) in [7, 11) is 1.96. The number of nitrogens with one attached hydrogen (secondary N) is 1. The van der Waals surface area contributed by atoms with Gasteiger partial charge in [0.2, 0.25) is 5.95 Å². The lowest BCUT2D eigenvalue weighted by molar-refractivity contribution is -0.193. The summed E-state index contributed by atoms with van der Waals surface area (Å²) >= 11 is 6.60. The average molecular weight is 772 g/mol. The number of carboxylic acids is 2. The van der Waals surface area contributed by atoms with E-state index in [1.165, 1.54) is 6.33 Å². The summed E-state index contributed by atoms with van der Waals surface area (Å²) in [6.45, 7) is 5.17. The molecule has 282 valence electrons. The minimum Gasteiger partial charge on any atom is -0.475 e. The normalized spacial score (nSPS) is 16.2. The van der Waals surface area contributed by atoms with Crippen LogP contribution in [0.25, 0.3) is 22.1 Å². The van der Waals surface area contributed by atoms with E-state index in [9.17, 15) is 26.3 Å². The lowest BCUT2D eigenvalue weighted by Crippen LogP contribution is -2.58. The van der Waals surface area contributed by atoms with Gasteiger partial charge in [0.25, 0.3) is 0 Å². The summed E-state index contributed by atoms with van der Waals surface area (Å²) in [5, 5.41) is 18.1. The Morgan fingerprint density at radius 3 is 2.34 bits per heavy atom. The fourth-order valence-corrected chi connectivity index (χ4v) is 5.34. The number of carbonyl (C=O) groups is 2. The number of carboxylic acid groups (broad SMARTS) is 2. The number of nitrogens with zero attached hydrogens (tertiary/aromatic N) is 8. The Morgan fingerprint density at radius 1 is 0.943 bits per heavy atom. The van der Waals surface area contributed by atoms with Gasteiger partial charge >= 0.3 is 24.3 Å². The van der Waals surface area contributed by atoms with Crippen LogP contribution in [0.4, 0.5) is 43.8 Å². The predicted octanol–water partition coefficient (Wildman–Crippen LogP) is 5.28. The molecule has 3 aromatic heterocycles. The summed E-state index contributed by atoms with van der Waals surface area (Å²) < 4.78 is 77.2. The molecule has 2 aliphatic heterocycles. The second-order valence-electron chi connectivity index (χ2n) is 11.3. The zero-order valence-corrected chi connectivity index (χ0v) is 28.0. The first-order chi connectivity index (χ1) is 25.0. The highest BCUT2D eigenvalue weighted by atomic mass is 35.5. The second-order valence-corrected chi connectivity index (χ2v) is 11.7. The Labute approximate surface area is 299 Å². The number of hydrogen-bond donors (Lipinski definition) is 3. The third kappa shape index (κ3) is 9.87. The first kappa shape index (κ1) is 38.7. The number of fused-ring (bicyclic) bond motifs is 3. The van der Waals surface area contributed by atoms with Crippen LogP contribution in [0, 0.1) is 0 Å². The molecule has 2 aliphatic rings. The fraction of sp³-hybridized carbons (Fsp3) is 0.323. The quantitative estimate of drug-likeness (QED) is 0.196. The Kier molecular flexibility index (Phi) is 11.7. The van der Waals surface area contributed by atoms with Crippen molar-refractivity contribution >= 4 is 63.1 Å². The van der Waals surface area contributed by atoms with Gasteiger partial charge in [0, 0.05) is 45.0 Å². The summed E-state index contributed by atoms with van der Waals surface area (Å²) in [5.41, 5.74) is 3.94. The lowest BCUT2D eigenvalue weighted by atomic mass is 10.1. The largest absolute Gasteiger partial charge is 0.490 e. The van der Waals surface area contributed by atoms with Gasteiger partial charge in [0.05, 0.1) is 47.8 Å². The van der Waals surface area contributed by atoms with Crippen LogP contribution in [-0.2, 0) is 21.4 Å². The highest BCUT2D eigenvalue weighted by Crippen LogP contribution is 2.34. The summed E-state index contributed by atoms with van der Waals surface area (Å²) in [5.74, 6) is -3.07. The summed E-state index contributed by atoms with van der Waals surface area (Å²) in [6, 6.07) is 11.6. The number of alkyl halides is 6. The van der Waals surface area contributed by atoms with E-state index in [1.54, 1.807) is 18.6 Å². The van der Waals surface area contributed by atoms with Gasteiger partial charge in [-0.05, 0) is 30.3 Å². The van der Waals surface area contributed by atoms with Gasteiger partial charge in [-0.25, -0.2) is 34.5 Å². The van der Waals surface area contributed by atoms with Crippen LogP contribution in [0.5, 0.6) is 11.5 Å². The molecule has 2 aromatic carbocycles. The molecule has 2 saturated heterocycles. The van der Waals surface area contributed by atoms with E-state index in [4.69, 9.17) is 45.9 Å². The molecule has 0 bridgehead atoms. The van der Waals surface area contributed by atoms with Crippen LogP contribution in [0.15, 0.2) is 55.2 Å². The van der Waals surface area contributed by atoms with Crippen molar-refractivity contribution in [1.82, 2.24) is 34.4 Å². The van der Waals surface area contributed by atoms with Crippen LogP contribution in [0.3, 0.4) is 0 Å². The van der Waals surface area contributed by atoms with Gasteiger partial charge in [0.1, 0.15) is 28.9 Å². The van der Waals surface area contributed by atoms with Gasteiger partial charge in [0.15, 0.2) is 5.82 Å². The highest BCUT2D eigenvalue weighted by Gasteiger charge is 2.39. The SMILES string of the molecule is Cn1cnc2cc(Oc3ccc(Nc4ncnc5cnc(N6CCN7CCOC[C@H]7C6)nc45)cc3Cl)ccc21.O=C(O)C(F)(F)F.O=C(O)C(F)(F)F. The number of rotatable bonds is 5. The van der Waals surface area contributed by atoms with Crippen LogP contribution in [0.2, 0.25) is 5.02 Å². The van der Waals surface area contributed by atoms with Crippen molar-refractivity contribution in [3.63, 3.8) is 0 Å². The molecule has 2 fully saturated rings. The van der Waals surface area contributed by atoms with Crippen LogP contribution in [0.1, 0.15) is 0 Å². The molecule has 0 amide bonds. The van der Waals surface area contributed by atoms with Gasteiger partial charge in [-0.3, -0.25) is 4.90 Å². The van der Waals surface area contributed by atoms with Crippen LogP contribution in [-0.4, -0.2) is 114 Å². The first-order valence-corrected chi connectivity index (χ1v) is 15.7. The molecule has 0 radical (unpaired) electrons. The Bertz CT molecular complexity index is 2080. The van der Waals surface area contributed by atoms with E-state index < -0.39 is 24.3 Å². The third-order valence-electron chi connectivity index (χ3n) is 7.69. The van der Waals surface area contributed by atoms with E-state index in [2.05, 4.69) is 35.1 Å². The van der Waals surface area contributed by atoms with E-state index in [0.717, 1.165) is 56.1 Å². The molecule has 3 N–H and O–H groups in total. The van der Waals surface area contributed by atoms with Crippen molar-refractivity contribution in [2.45, 2.75) is 18.4 Å². The summed E-state index contributed by atoms with van der Waals surface area (Å²) in [6.07, 6.45) is -5.15. The number of aromatic nitrogens is 6. The minimum atomic E-state index is -5.08. The number of hydrogen-bond acceptors (Lipinski definition) is 12. The van der Waals surface area contributed by atoms with E-state index in [-0.39, 0.29) is 0 Å². The average Bonchev–Trinajstić information content (AvgIpc) is 3.48. The maximum Gasteiger partial charge on any atom is 0.490 e. The number of morpholine rings is 1. The Morgan fingerprint density at radius 2 is 1.66 bits per heavy atom. The number of piperazine rings is 1. The lowest BCUT2D eigenvalue weighted by Gasteiger charge is -2.43. The van der Waals surface area contributed by atoms with Gasteiger partial charge < -0.3 is 34.5 Å². The molecule has 5 heterocycles. The molecule has 53 heavy (non-hydrogen) atoms. The van der Waals surface area contributed by atoms with E-state index in [1.807, 2.05) is 41.9 Å². The molecule has 0 aliphatic carbocycles. The van der Waals surface area contributed by atoms with Crippen molar-refractivity contribution in [3.05, 3.63) is 60.3 Å². The zero-order valence-electron chi connectivity index (χ0n) is 27.3. The Hall–Kier alpha value is -5.54. The molecule has 1 atom stereocenters. The molecule has 0 unspecified atom stereocenters. The zero-order chi connectivity index (χ0) is 38.5. The smallest absolute Gasteiger partial charge is 0.475 e. The molecular weight excluding hydrogens is 744 g/mol. The number of aryl methyl sites for hydroxylation is 1. The second kappa shape index (κ2) is 16.0. The number of aliphatic carboxylic acids is 2. The van der Waals surface area contributed by atoms with Crippen LogP contribution >= 0.6 is 11.6 Å². The number of anilines is 3. The van der Waals surface area contributed by atoms with Crippen molar-refractivity contribution < 1.29 is 55.6 Å². The van der Waals surface area contributed by atoms with Crippen molar-refractivity contribution in [2.75, 3.05) is 49.6 Å². The van der Waals surface area contributed by atoms with E-state index >= 15 is 0 Å². The number of ether oxygens (including phenoxy) is 2. The molecule has 0 spiro atoms.